The van der Waals surface area contributed by atoms with Gasteiger partial charge in [-0.2, -0.15) is 4.58 Å². The van der Waals surface area contributed by atoms with Crippen LogP contribution in [0.25, 0.3) is 5.57 Å². The van der Waals surface area contributed by atoms with Crippen molar-refractivity contribution in [2.45, 2.75) is 47.5 Å². The molecule has 0 fully saturated rings. The van der Waals surface area contributed by atoms with Crippen molar-refractivity contribution in [1.82, 2.24) is 4.58 Å². The first-order valence-corrected chi connectivity index (χ1v) is 17.6. The number of nitrogens with zero attached hydrogens (tertiary/aromatic N) is 2. The minimum atomic E-state index is -0.825. The highest BCUT2D eigenvalue weighted by Gasteiger charge is 2.38. The SMILES string of the molecule is CC/C=C\C(=C/CC)N(c1ccc(C)cc1)c1cc(O)c(C2=C([O-])C(=C3C(O)=CC(=[N+](c4ccc(C)cc4)c4ccc(C)cc4)C=C3O)C2=O)c(O)c1. The van der Waals surface area contributed by atoms with E-state index < -0.39 is 45.7 Å². The van der Waals surface area contributed by atoms with Crippen LogP contribution in [-0.4, -0.2) is 31.9 Å². The lowest BCUT2D eigenvalue weighted by atomic mass is 9.78. The van der Waals surface area contributed by atoms with Crippen molar-refractivity contribution in [3.8, 4) is 11.5 Å². The van der Waals surface area contributed by atoms with Crippen molar-refractivity contribution in [1.29, 1.82) is 0 Å². The van der Waals surface area contributed by atoms with Crippen LogP contribution in [0.15, 0.2) is 149 Å². The molecule has 0 atom stereocenters. The summed E-state index contributed by atoms with van der Waals surface area (Å²) in [6.07, 6.45) is 10.3. The Balaban J connectivity index is 1.44. The Morgan fingerprint density at radius 3 is 1.62 bits per heavy atom. The van der Waals surface area contributed by atoms with Gasteiger partial charge in [0.25, 0.3) is 0 Å². The number of allylic oxidation sites excluding steroid dienone is 7. The average molecular weight is 707 g/mol. The second-order valence-corrected chi connectivity index (χ2v) is 13.2. The topological polar surface area (TPSA) is 127 Å². The first kappa shape index (κ1) is 36.3. The number of phenolic OH excluding ortho intramolecular Hbond substituents is 2. The van der Waals surface area contributed by atoms with Crippen LogP contribution in [0.5, 0.6) is 11.5 Å². The Kier molecular flexibility index (Phi) is 10.2. The molecular weight excluding hydrogens is 665 g/mol. The molecule has 0 spiro atoms. The molecule has 8 heteroatoms. The van der Waals surface area contributed by atoms with Gasteiger partial charge in [-0.1, -0.05) is 84.8 Å². The van der Waals surface area contributed by atoms with Crippen molar-refractivity contribution in [3.63, 3.8) is 0 Å². The number of hydrogen-bond donors (Lipinski definition) is 4. The van der Waals surface area contributed by atoms with Gasteiger partial charge in [-0.05, 0) is 51.8 Å². The number of carbonyl (C=O) groups is 1. The van der Waals surface area contributed by atoms with Gasteiger partial charge >= 0.3 is 0 Å². The van der Waals surface area contributed by atoms with Crippen LogP contribution in [0.2, 0.25) is 0 Å². The molecule has 0 heterocycles. The summed E-state index contributed by atoms with van der Waals surface area (Å²) >= 11 is 0. The van der Waals surface area contributed by atoms with Crippen molar-refractivity contribution in [3.05, 3.63) is 172 Å². The fourth-order valence-electron chi connectivity index (χ4n) is 6.47. The van der Waals surface area contributed by atoms with Crippen LogP contribution in [0, 0.1) is 20.8 Å². The number of aliphatic hydroxyl groups excluding tert-OH is 2. The molecule has 0 aliphatic heterocycles. The minimum absolute atomic E-state index is 0.318. The molecule has 2 aliphatic rings. The largest absolute Gasteiger partial charge is 0.871 e. The molecule has 4 aromatic carbocycles. The van der Waals surface area contributed by atoms with E-state index in [2.05, 4.69) is 0 Å². The highest BCUT2D eigenvalue weighted by molar-refractivity contribution is 6.40. The van der Waals surface area contributed by atoms with Crippen LogP contribution in [0.4, 0.5) is 22.7 Å². The minimum Gasteiger partial charge on any atom is -0.871 e. The Hall–Kier alpha value is -6.54. The highest BCUT2D eigenvalue weighted by atomic mass is 16.3. The third kappa shape index (κ3) is 7.04. The van der Waals surface area contributed by atoms with Crippen molar-refractivity contribution in [2.24, 2.45) is 0 Å². The molecule has 0 saturated heterocycles. The fourth-order valence-corrected chi connectivity index (χ4v) is 6.47. The van der Waals surface area contributed by atoms with E-state index in [9.17, 15) is 30.3 Å². The van der Waals surface area contributed by atoms with Gasteiger partial charge in [-0.25, -0.2) is 0 Å². The summed E-state index contributed by atoms with van der Waals surface area (Å²) in [6, 6.07) is 26.0. The van der Waals surface area contributed by atoms with E-state index in [0.717, 1.165) is 52.3 Å². The number of aryl methyl sites for hydroxylation is 3. The predicted molar refractivity (Wildman–Crippen MR) is 210 cm³/mol. The van der Waals surface area contributed by atoms with E-state index in [-0.39, 0.29) is 11.1 Å². The number of phenols is 2. The maximum absolute atomic E-state index is 13.7. The van der Waals surface area contributed by atoms with Gasteiger partial charge in [0.05, 0.1) is 29.0 Å². The van der Waals surface area contributed by atoms with Crippen LogP contribution >= 0.6 is 0 Å². The lowest BCUT2D eigenvalue weighted by Gasteiger charge is -2.34. The Labute approximate surface area is 309 Å². The molecule has 0 unspecified atom stereocenters. The monoisotopic (exact) mass is 706 g/mol. The summed E-state index contributed by atoms with van der Waals surface area (Å²) < 4.78 is 1.84. The van der Waals surface area contributed by atoms with E-state index in [1.807, 2.05) is 135 Å². The molecule has 4 N–H and O–H groups in total. The van der Waals surface area contributed by atoms with Gasteiger partial charge < -0.3 is 30.4 Å². The molecule has 8 nitrogen and oxygen atoms in total. The maximum Gasteiger partial charge on any atom is 0.219 e. The third-order valence-electron chi connectivity index (χ3n) is 9.16. The van der Waals surface area contributed by atoms with Gasteiger partial charge in [0.1, 0.15) is 23.0 Å². The summed E-state index contributed by atoms with van der Waals surface area (Å²) in [5.74, 6) is -3.56. The summed E-state index contributed by atoms with van der Waals surface area (Å²) in [4.78, 5) is 15.6. The summed E-state index contributed by atoms with van der Waals surface area (Å²) in [5, 5.41) is 58.9. The lowest BCUT2D eigenvalue weighted by molar-refractivity contribution is -0.297. The zero-order valence-corrected chi connectivity index (χ0v) is 30.4. The second-order valence-electron chi connectivity index (χ2n) is 13.2. The van der Waals surface area contributed by atoms with Gasteiger partial charge in [0.2, 0.25) is 17.1 Å². The number of aliphatic hydroxyl groups is 2. The molecule has 4 aromatic rings. The molecule has 0 saturated carbocycles. The van der Waals surface area contributed by atoms with Crippen molar-refractivity contribution >= 4 is 39.8 Å². The summed E-state index contributed by atoms with van der Waals surface area (Å²) in [5.41, 5.74) is 5.57. The third-order valence-corrected chi connectivity index (χ3v) is 9.16. The smallest absolute Gasteiger partial charge is 0.219 e. The molecule has 268 valence electrons. The average Bonchev–Trinajstić information content (AvgIpc) is 3.12. The molecule has 6 rings (SSSR count). The zero-order valence-electron chi connectivity index (χ0n) is 30.4. The van der Waals surface area contributed by atoms with Crippen LogP contribution in [-0.2, 0) is 4.79 Å². The van der Waals surface area contributed by atoms with Crippen molar-refractivity contribution in [2.75, 3.05) is 4.90 Å². The van der Waals surface area contributed by atoms with Crippen LogP contribution < -0.4 is 14.6 Å². The molecule has 53 heavy (non-hydrogen) atoms. The summed E-state index contributed by atoms with van der Waals surface area (Å²) in [6.45, 7) is 9.97. The number of carbonyl (C=O) groups excluding carboxylic acids is 1. The first-order chi connectivity index (χ1) is 25.4. The van der Waals surface area contributed by atoms with Gasteiger partial charge in [0, 0.05) is 58.9 Å². The highest BCUT2D eigenvalue weighted by Crippen LogP contribution is 2.48. The van der Waals surface area contributed by atoms with E-state index >= 15 is 0 Å². The van der Waals surface area contributed by atoms with Crippen LogP contribution in [0.3, 0.4) is 0 Å². The number of aromatic hydroxyl groups is 2. The number of anilines is 2. The Morgan fingerprint density at radius 1 is 0.679 bits per heavy atom. The standard InChI is InChI=1S/C45H42N2O6/c1-6-8-10-30(9-7-2)46(31-17-11-27(3)12-18-31)34-23-36(48)40(37(49)24-34)42-44(52)43(45(42)53)41-38(50)25-35(26-39(41)51)47(32-19-13-28(4)14-20-32)33-21-15-29(5)16-22-33/h8-26H,6-7H2,1-5H3,(H4,48,49,50,51,52,53)/b10-8-,30-9+. The van der Waals surface area contributed by atoms with E-state index in [0.29, 0.717) is 11.4 Å². The van der Waals surface area contributed by atoms with E-state index in [4.69, 9.17) is 0 Å². The Bertz CT molecular complexity index is 2220. The van der Waals surface area contributed by atoms with Gasteiger partial charge in [0.15, 0.2) is 5.78 Å². The molecular formula is C45H42N2O6. The molecule has 0 bridgehead atoms. The van der Waals surface area contributed by atoms with Gasteiger partial charge in [-0.15, -0.1) is 0 Å². The first-order valence-electron chi connectivity index (χ1n) is 17.6. The number of rotatable bonds is 9. The lowest BCUT2D eigenvalue weighted by Crippen LogP contribution is -2.32. The molecule has 0 amide bonds. The van der Waals surface area contributed by atoms with Crippen molar-refractivity contribution < 1.29 is 30.3 Å². The summed E-state index contributed by atoms with van der Waals surface area (Å²) in [7, 11) is 0. The molecule has 2 aliphatic carbocycles. The predicted octanol–water partition coefficient (Wildman–Crippen LogP) is 9.25. The quantitative estimate of drug-likeness (QED) is 0.0776. The fraction of sp³-hybridized carbons (Fsp3) is 0.156. The number of ketones is 1. The molecule has 0 radical (unpaired) electrons. The number of Topliss-reactive ketones (excluding diaryl/α,β-unsaturated/α-hetero) is 1. The normalized spacial score (nSPS) is 14.8. The van der Waals surface area contributed by atoms with Crippen LogP contribution in [0.1, 0.15) is 48.9 Å². The second kappa shape index (κ2) is 15.0. The van der Waals surface area contributed by atoms with E-state index in [1.165, 1.54) is 24.3 Å². The number of benzene rings is 4. The van der Waals surface area contributed by atoms with E-state index in [1.54, 1.807) is 0 Å². The zero-order chi connectivity index (χ0) is 38.0. The Morgan fingerprint density at radius 2 is 1.17 bits per heavy atom. The number of hydrogen-bond acceptors (Lipinski definition) is 7. The maximum atomic E-state index is 13.7. The van der Waals surface area contributed by atoms with Gasteiger partial charge in [-0.3, -0.25) is 4.79 Å². The molecule has 0 aromatic heterocycles.